The number of anilines is 2. The molecular weight excluding hydrogens is 406 g/mol. The van der Waals surface area contributed by atoms with Crippen LogP contribution in [-0.4, -0.2) is 53.9 Å². The van der Waals surface area contributed by atoms with Gasteiger partial charge in [0.2, 0.25) is 0 Å². The first-order chi connectivity index (χ1) is 15.7. The molecule has 4 rings (SSSR count). The van der Waals surface area contributed by atoms with Gasteiger partial charge in [0.1, 0.15) is 6.07 Å². The summed E-state index contributed by atoms with van der Waals surface area (Å²) in [6.45, 7) is 4.54. The number of nitrogens with zero attached hydrogens (tertiary/aromatic N) is 3. The molecule has 0 unspecified atom stereocenters. The lowest BCUT2D eigenvalue weighted by atomic mass is 10.1. The number of ether oxygens (including phenoxy) is 2. The number of hydrogen-bond acceptors (Lipinski definition) is 6. The normalized spacial score (nSPS) is 13.9. The minimum absolute atomic E-state index is 0.282. The molecule has 1 amide bonds. The Balaban J connectivity index is 1.44. The Morgan fingerprint density at radius 2 is 2.19 bits per heavy atom. The van der Waals surface area contributed by atoms with Gasteiger partial charge in [0.25, 0.3) is 0 Å². The average molecular weight is 431 g/mol. The van der Waals surface area contributed by atoms with Crippen molar-refractivity contribution in [1.29, 1.82) is 5.26 Å². The van der Waals surface area contributed by atoms with Gasteiger partial charge in [0, 0.05) is 53.8 Å². The van der Waals surface area contributed by atoms with Gasteiger partial charge in [-0.05, 0) is 37.1 Å². The monoisotopic (exact) mass is 431 g/mol. The molecule has 164 valence electrons. The SMILES string of the molecule is Cc1c(Nc2c(C#N)cncc2C=CCCOC(=O)N2CCOCC2)ccc2[nH]ccc12. The van der Waals surface area contributed by atoms with Crippen molar-refractivity contribution in [1.82, 2.24) is 14.9 Å². The minimum atomic E-state index is -0.312. The van der Waals surface area contributed by atoms with Gasteiger partial charge < -0.3 is 24.7 Å². The van der Waals surface area contributed by atoms with E-state index in [1.165, 1.54) is 0 Å². The number of fused-ring (bicyclic) bond motifs is 1. The molecule has 8 nitrogen and oxygen atoms in total. The molecule has 2 aromatic heterocycles. The number of pyridine rings is 1. The van der Waals surface area contributed by atoms with E-state index in [9.17, 15) is 10.1 Å². The number of carbonyl (C=O) groups excluding carboxylic acids is 1. The van der Waals surface area contributed by atoms with Crippen molar-refractivity contribution in [2.45, 2.75) is 13.3 Å². The Hall–Kier alpha value is -3.83. The van der Waals surface area contributed by atoms with Crippen LogP contribution in [0.4, 0.5) is 16.2 Å². The zero-order valence-electron chi connectivity index (χ0n) is 17.9. The summed E-state index contributed by atoms with van der Waals surface area (Å²) in [5, 5.41) is 14.1. The number of nitriles is 1. The van der Waals surface area contributed by atoms with Crippen molar-refractivity contribution < 1.29 is 14.3 Å². The Bertz CT molecular complexity index is 1170. The molecule has 3 aromatic rings. The Labute approximate surface area is 186 Å². The summed E-state index contributed by atoms with van der Waals surface area (Å²) in [6.07, 6.45) is 9.22. The third-order valence-corrected chi connectivity index (χ3v) is 5.44. The zero-order valence-corrected chi connectivity index (χ0v) is 17.9. The topological polar surface area (TPSA) is 103 Å². The molecule has 1 aromatic carbocycles. The van der Waals surface area contributed by atoms with Crippen LogP contribution in [0.25, 0.3) is 17.0 Å². The zero-order chi connectivity index (χ0) is 22.3. The molecular formula is C24H25N5O3. The van der Waals surface area contributed by atoms with E-state index in [1.54, 1.807) is 17.3 Å². The number of amides is 1. The highest BCUT2D eigenvalue weighted by Gasteiger charge is 2.17. The van der Waals surface area contributed by atoms with Gasteiger partial charge in [-0.15, -0.1) is 0 Å². The first kappa shape index (κ1) is 21.4. The van der Waals surface area contributed by atoms with E-state index in [-0.39, 0.29) is 12.7 Å². The van der Waals surface area contributed by atoms with Crippen molar-refractivity contribution in [2.75, 3.05) is 38.2 Å². The fourth-order valence-corrected chi connectivity index (χ4v) is 3.64. The highest BCUT2D eigenvalue weighted by Crippen LogP contribution is 2.30. The van der Waals surface area contributed by atoms with Crippen LogP contribution < -0.4 is 5.32 Å². The summed E-state index contributed by atoms with van der Waals surface area (Å²) in [6, 6.07) is 8.25. The van der Waals surface area contributed by atoms with Gasteiger partial charge in [0.05, 0.1) is 31.1 Å². The molecule has 2 N–H and O–H groups in total. The molecule has 1 fully saturated rings. The van der Waals surface area contributed by atoms with E-state index < -0.39 is 0 Å². The Kier molecular flexibility index (Phi) is 6.68. The maximum absolute atomic E-state index is 12.0. The fraction of sp³-hybridized carbons (Fsp3) is 0.292. The van der Waals surface area contributed by atoms with Crippen LogP contribution in [0.3, 0.4) is 0 Å². The molecule has 1 saturated heterocycles. The molecule has 8 heteroatoms. The number of aryl methyl sites for hydroxylation is 1. The number of aromatic amines is 1. The third-order valence-electron chi connectivity index (χ3n) is 5.44. The van der Waals surface area contributed by atoms with E-state index in [0.29, 0.717) is 44.0 Å². The van der Waals surface area contributed by atoms with Gasteiger partial charge in [-0.2, -0.15) is 5.26 Å². The summed E-state index contributed by atoms with van der Waals surface area (Å²) in [4.78, 5) is 21.1. The second-order valence-electron chi connectivity index (χ2n) is 7.47. The number of nitrogens with one attached hydrogen (secondary N) is 2. The van der Waals surface area contributed by atoms with Crippen molar-refractivity contribution in [3.05, 3.63) is 59.6 Å². The molecule has 0 bridgehead atoms. The van der Waals surface area contributed by atoms with Gasteiger partial charge in [0.15, 0.2) is 0 Å². The highest BCUT2D eigenvalue weighted by atomic mass is 16.6. The van der Waals surface area contributed by atoms with Crippen LogP contribution in [0.1, 0.15) is 23.1 Å². The molecule has 32 heavy (non-hydrogen) atoms. The number of aromatic nitrogens is 2. The predicted octanol–water partition coefficient (Wildman–Crippen LogP) is 4.36. The van der Waals surface area contributed by atoms with E-state index in [0.717, 1.165) is 27.7 Å². The maximum Gasteiger partial charge on any atom is 0.409 e. The van der Waals surface area contributed by atoms with Crippen LogP contribution >= 0.6 is 0 Å². The van der Waals surface area contributed by atoms with Gasteiger partial charge in [-0.3, -0.25) is 4.98 Å². The van der Waals surface area contributed by atoms with Crippen molar-refractivity contribution in [3.63, 3.8) is 0 Å². The third kappa shape index (κ3) is 4.74. The average Bonchev–Trinajstić information content (AvgIpc) is 3.31. The molecule has 0 saturated carbocycles. The molecule has 0 radical (unpaired) electrons. The van der Waals surface area contributed by atoms with Crippen LogP contribution in [0.5, 0.6) is 0 Å². The van der Waals surface area contributed by atoms with Gasteiger partial charge in [-0.1, -0.05) is 12.2 Å². The minimum Gasteiger partial charge on any atom is -0.449 e. The quantitative estimate of drug-likeness (QED) is 0.562. The number of carbonyl (C=O) groups is 1. The number of hydrogen-bond donors (Lipinski definition) is 2. The lowest BCUT2D eigenvalue weighted by Gasteiger charge is -2.25. The molecule has 1 aliphatic rings. The van der Waals surface area contributed by atoms with Crippen molar-refractivity contribution >= 4 is 34.4 Å². The number of benzene rings is 1. The first-order valence-electron chi connectivity index (χ1n) is 10.5. The smallest absolute Gasteiger partial charge is 0.409 e. The summed E-state index contributed by atoms with van der Waals surface area (Å²) in [5.74, 6) is 0. The summed E-state index contributed by atoms with van der Waals surface area (Å²) in [5.41, 5.74) is 5.02. The van der Waals surface area contributed by atoms with Gasteiger partial charge >= 0.3 is 6.09 Å². The standard InChI is InChI=1S/C24H25N5O3/c1-17-20-7-8-27-22(20)6-5-21(17)28-23-18(15-26-16-19(23)14-25)4-2-3-11-32-24(30)29-9-12-31-13-10-29/h2,4-8,15-16,27H,3,9-13H2,1H3,(H,26,28). The van der Waals surface area contributed by atoms with Crippen LogP contribution in [-0.2, 0) is 9.47 Å². The second-order valence-corrected chi connectivity index (χ2v) is 7.47. The van der Waals surface area contributed by atoms with Crippen molar-refractivity contribution in [3.8, 4) is 6.07 Å². The fourth-order valence-electron chi connectivity index (χ4n) is 3.64. The second kappa shape index (κ2) is 9.98. The highest BCUT2D eigenvalue weighted by molar-refractivity contribution is 5.89. The Morgan fingerprint density at radius 3 is 3.00 bits per heavy atom. The molecule has 0 aliphatic carbocycles. The largest absolute Gasteiger partial charge is 0.449 e. The number of rotatable bonds is 6. The maximum atomic E-state index is 12.0. The van der Waals surface area contributed by atoms with Crippen LogP contribution in [0, 0.1) is 18.3 Å². The lowest BCUT2D eigenvalue weighted by Crippen LogP contribution is -2.41. The number of H-pyrrole nitrogens is 1. The summed E-state index contributed by atoms with van der Waals surface area (Å²) < 4.78 is 10.6. The Morgan fingerprint density at radius 1 is 1.34 bits per heavy atom. The first-order valence-corrected chi connectivity index (χ1v) is 10.5. The van der Waals surface area contributed by atoms with Crippen LogP contribution in [0.2, 0.25) is 0 Å². The van der Waals surface area contributed by atoms with E-state index in [2.05, 4.69) is 21.4 Å². The molecule has 0 atom stereocenters. The van der Waals surface area contributed by atoms with Crippen LogP contribution in [0.15, 0.2) is 42.9 Å². The van der Waals surface area contributed by atoms with E-state index >= 15 is 0 Å². The van der Waals surface area contributed by atoms with E-state index in [4.69, 9.17) is 9.47 Å². The van der Waals surface area contributed by atoms with Crippen molar-refractivity contribution in [2.24, 2.45) is 0 Å². The van der Waals surface area contributed by atoms with Gasteiger partial charge in [-0.25, -0.2) is 4.79 Å². The molecule has 1 aliphatic heterocycles. The molecule has 0 spiro atoms. The summed E-state index contributed by atoms with van der Waals surface area (Å²) in [7, 11) is 0. The number of morpholine rings is 1. The van der Waals surface area contributed by atoms with E-state index in [1.807, 2.05) is 43.5 Å². The lowest BCUT2D eigenvalue weighted by molar-refractivity contribution is 0.0277. The predicted molar refractivity (Wildman–Crippen MR) is 123 cm³/mol. The molecule has 3 heterocycles. The summed E-state index contributed by atoms with van der Waals surface area (Å²) >= 11 is 0.